The van der Waals surface area contributed by atoms with Crippen LogP contribution in [0.15, 0.2) is 24.3 Å². The van der Waals surface area contributed by atoms with Crippen LogP contribution in [0.25, 0.3) is 10.9 Å². The molecule has 3 N–H and O–H groups in total. The Bertz CT molecular complexity index is 566. The standard InChI is InChI=1S/C16H26N4O/c1-4-8-16(21-3)14(18-17)11-13-12-9-6-7-10-15(12)20(5-2)19-13/h6-7,9-10,14,16,18H,4-5,8,11,17H2,1-3H3. The van der Waals surface area contributed by atoms with Crippen molar-refractivity contribution in [2.45, 2.75) is 51.8 Å². The second-order valence-electron chi connectivity index (χ2n) is 5.32. The molecular formula is C16H26N4O. The van der Waals surface area contributed by atoms with Crippen LogP contribution in [0, 0.1) is 0 Å². The summed E-state index contributed by atoms with van der Waals surface area (Å²) in [6, 6.07) is 8.41. The van der Waals surface area contributed by atoms with Crippen LogP contribution in [0.2, 0.25) is 0 Å². The first-order valence-electron chi connectivity index (χ1n) is 7.68. The van der Waals surface area contributed by atoms with Gasteiger partial charge in [-0.15, -0.1) is 0 Å². The summed E-state index contributed by atoms with van der Waals surface area (Å²) in [5.74, 6) is 5.75. The number of hydrogen-bond acceptors (Lipinski definition) is 4. The normalized spacial score (nSPS) is 14.5. The Hall–Kier alpha value is -1.43. The number of aryl methyl sites for hydroxylation is 1. The van der Waals surface area contributed by atoms with Crippen LogP contribution in [0.5, 0.6) is 0 Å². The largest absolute Gasteiger partial charge is 0.380 e. The molecule has 5 nitrogen and oxygen atoms in total. The Morgan fingerprint density at radius 3 is 2.71 bits per heavy atom. The van der Waals surface area contributed by atoms with E-state index in [1.165, 1.54) is 10.9 Å². The van der Waals surface area contributed by atoms with E-state index in [1.807, 2.05) is 10.7 Å². The van der Waals surface area contributed by atoms with Crippen molar-refractivity contribution in [1.82, 2.24) is 15.2 Å². The second-order valence-corrected chi connectivity index (χ2v) is 5.32. The van der Waals surface area contributed by atoms with E-state index in [0.29, 0.717) is 0 Å². The molecule has 0 saturated heterocycles. The smallest absolute Gasteiger partial charge is 0.0741 e. The molecular weight excluding hydrogens is 264 g/mol. The van der Waals surface area contributed by atoms with E-state index in [-0.39, 0.29) is 12.1 Å². The van der Waals surface area contributed by atoms with Crippen LogP contribution in [-0.2, 0) is 17.7 Å². The van der Waals surface area contributed by atoms with Gasteiger partial charge in [0.25, 0.3) is 0 Å². The molecule has 0 bridgehead atoms. The highest BCUT2D eigenvalue weighted by molar-refractivity contribution is 5.82. The SMILES string of the molecule is CCCC(OC)C(Cc1nn(CC)c2ccccc12)NN. The van der Waals surface area contributed by atoms with E-state index in [1.54, 1.807) is 7.11 Å². The molecule has 21 heavy (non-hydrogen) atoms. The molecule has 2 unspecified atom stereocenters. The molecule has 116 valence electrons. The lowest BCUT2D eigenvalue weighted by Crippen LogP contribution is -2.46. The number of nitrogens with two attached hydrogens (primary N) is 1. The highest BCUT2D eigenvalue weighted by Crippen LogP contribution is 2.21. The van der Waals surface area contributed by atoms with Crippen molar-refractivity contribution in [2.24, 2.45) is 5.84 Å². The molecule has 2 atom stereocenters. The zero-order valence-corrected chi connectivity index (χ0v) is 13.2. The van der Waals surface area contributed by atoms with Crippen LogP contribution < -0.4 is 11.3 Å². The average molecular weight is 290 g/mol. The fraction of sp³-hybridized carbons (Fsp3) is 0.562. The molecule has 0 saturated carbocycles. The maximum absolute atomic E-state index is 5.75. The molecule has 0 fully saturated rings. The quantitative estimate of drug-likeness (QED) is 0.578. The summed E-state index contributed by atoms with van der Waals surface area (Å²) in [6.45, 7) is 5.13. The zero-order valence-electron chi connectivity index (χ0n) is 13.2. The molecule has 0 radical (unpaired) electrons. The van der Waals surface area contributed by atoms with Gasteiger partial charge in [0.15, 0.2) is 0 Å². The van der Waals surface area contributed by atoms with E-state index in [9.17, 15) is 0 Å². The molecule has 2 rings (SSSR count). The molecule has 1 aromatic heterocycles. The first-order chi connectivity index (χ1) is 10.2. The summed E-state index contributed by atoms with van der Waals surface area (Å²) in [7, 11) is 1.74. The van der Waals surface area contributed by atoms with Crippen molar-refractivity contribution in [3.63, 3.8) is 0 Å². The van der Waals surface area contributed by atoms with Gasteiger partial charge >= 0.3 is 0 Å². The third-order valence-electron chi connectivity index (χ3n) is 3.99. The Balaban J connectivity index is 2.29. The van der Waals surface area contributed by atoms with Gasteiger partial charge in [-0.3, -0.25) is 16.0 Å². The molecule has 5 heteroatoms. The minimum Gasteiger partial charge on any atom is -0.380 e. The van der Waals surface area contributed by atoms with Crippen molar-refractivity contribution in [2.75, 3.05) is 7.11 Å². The zero-order chi connectivity index (χ0) is 15.2. The first-order valence-corrected chi connectivity index (χ1v) is 7.68. The van der Waals surface area contributed by atoms with Crippen LogP contribution in [-0.4, -0.2) is 29.0 Å². The Morgan fingerprint density at radius 2 is 2.10 bits per heavy atom. The van der Waals surface area contributed by atoms with Gasteiger partial charge in [-0.2, -0.15) is 5.10 Å². The number of hydrogen-bond donors (Lipinski definition) is 2. The van der Waals surface area contributed by atoms with Crippen molar-refractivity contribution >= 4 is 10.9 Å². The summed E-state index contributed by atoms with van der Waals surface area (Å²) in [4.78, 5) is 0. The highest BCUT2D eigenvalue weighted by Gasteiger charge is 2.22. The monoisotopic (exact) mass is 290 g/mol. The van der Waals surface area contributed by atoms with E-state index in [2.05, 4.69) is 37.5 Å². The minimum absolute atomic E-state index is 0.0681. The average Bonchev–Trinajstić information content (AvgIpc) is 2.88. The van der Waals surface area contributed by atoms with Gasteiger partial charge in [-0.05, 0) is 19.4 Å². The van der Waals surface area contributed by atoms with Crippen LogP contribution in [0.1, 0.15) is 32.4 Å². The van der Waals surface area contributed by atoms with Gasteiger partial charge in [-0.25, -0.2) is 0 Å². The molecule has 0 aliphatic carbocycles. The van der Waals surface area contributed by atoms with Gasteiger partial charge in [0, 0.05) is 25.5 Å². The van der Waals surface area contributed by atoms with Crippen LogP contribution in [0.4, 0.5) is 0 Å². The number of ether oxygens (including phenoxy) is 1. The molecule has 2 aromatic rings. The van der Waals surface area contributed by atoms with Gasteiger partial charge in [-0.1, -0.05) is 31.5 Å². The number of methoxy groups -OCH3 is 1. The molecule has 0 aliphatic rings. The fourth-order valence-electron chi connectivity index (χ4n) is 2.86. The lowest BCUT2D eigenvalue weighted by molar-refractivity contribution is 0.0607. The Labute approximate surface area is 126 Å². The first kappa shape index (κ1) is 15.9. The second kappa shape index (κ2) is 7.54. The molecule has 1 heterocycles. The van der Waals surface area contributed by atoms with Crippen molar-refractivity contribution in [1.29, 1.82) is 0 Å². The summed E-state index contributed by atoms with van der Waals surface area (Å²) in [5.41, 5.74) is 5.16. The lowest BCUT2D eigenvalue weighted by atomic mass is 10.0. The van der Waals surface area contributed by atoms with Crippen molar-refractivity contribution < 1.29 is 4.74 Å². The van der Waals surface area contributed by atoms with E-state index in [4.69, 9.17) is 15.7 Å². The summed E-state index contributed by atoms with van der Waals surface area (Å²) < 4.78 is 7.63. The van der Waals surface area contributed by atoms with Gasteiger partial charge in [0.2, 0.25) is 0 Å². The Morgan fingerprint density at radius 1 is 1.33 bits per heavy atom. The van der Waals surface area contributed by atoms with Gasteiger partial charge in [0.1, 0.15) is 0 Å². The topological polar surface area (TPSA) is 65.1 Å². The maximum Gasteiger partial charge on any atom is 0.0741 e. The maximum atomic E-state index is 5.75. The van der Waals surface area contributed by atoms with Crippen molar-refractivity contribution in [3.05, 3.63) is 30.0 Å². The summed E-state index contributed by atoms with van der Waals surface area (Å²) in [6.07, 6.45) is 2.92. The number of benzene rings is 1. The summed E-state index contributed by atoms with van der Waals surface area (Å²) in [5, 5.41) is 5.94. The summed E-state index contributed by atoms with van der Waals surface area (Å²) >= 11 is 0. The van der Waals surface area contributed by atoms with E-state index in [0.717, 1.165) is 31.5 Å². The fourth-order valence-corrected chi connectivity index (χ4v) is 2.86. The predicted molar refractivity (Wildman–Crippen MR) is 85.9 cm³/mol. The highest BCUT2D eigenvalue weighted by atomic mass is 16.5. The van der Waals surface area contributed by atoms with E-state index < -0.39 is 0 Å². The number of para-hydroxylation sites is 1. The number of fused-ring (bicyclic) bond motifs is 1. The number of hydrazine groups is 1. The number of nitrogens with zero attached hydrogens (tertiary/aromatic N) is 2. The number of rotatable bonds is 8. The number of nitrogens with one attached hydrogen (secondary N) is 1. The lowest BCUT2D eigenvalue weighted by Gasteiger charge is -2.24. The van der Waals surface area contributed by atoms with Crippen molar-refractivity contribution in [3.8, 4) is 0 Å². The minimum atomic E-state index is 0.0681. The van der Waals surface area contributed by atoms with Crippen LogP contribution >= 0.6 is 0 Å². The Kier molecular flexibility index (Phi) is 5.73. The van der Waals surface area contributed by atoms with Gasteiger partial charge < -0.3 is 4.74 Å². The molecule has 0 spiro atoms. The van der Waals surface area contributed by atoms with E-state index >= 15 is 0 Å². The molecule has 0 amide bonds. The molecule has 1 aromatic carbocycles. The van der Waals surface area contributed by atoms with Crippen LogP contribution in [0.3, 0.4) is 0 Å². The third-order valence-corrected chi connectivity index (χ3v) is 3.99. The number of aromatic nitrogens is 2. The van der Waals surface area contributed by atoms with Gasteiger partial charge in [0.05, 0.1) is 23.4 Å². The third kappa shape index (κ3) is 3.43. The molecule has 0 aliphatic heterocycles. The predicted octanol–water partition coefficient (Wildman–Crippen LogP) is 2.25.